The molecule has 1 N–H and O–H groups in total. The van der Waals surface area contributed by atoms with Gasteiger partial charge < -0.3 is 14.4 Å². The third-order valence-electron chi connectivity index (χ3n) is 8.99. The summed E-state index contributed by atoms with van der Waals surface area (Å²) in [7, 11) is -2.72. The Bertz CT molecular complexity index is 1680. The Morgan fingerprint density at radius 1 is 1.07 bits per heavy atom. The van der Waals surface area contributed by atoms with Crippen molar-refractivity contribution in [2.24, 2.45) is 5.41 Å². The monoisotopic (exact) mass is 630 g/mol. The topological polar surface area (TPSA) is 111 Å². The maximum atomic E-state index is 14.3. The summed E-state index contributed by atoms with van der Waals surface area (Å²) in [5, 5.41) is 0. The van der Waals surface area contributed by atoms with Gasteiger partial charge in [0.15, 0.2) is 0 Å². The third kappa shape index (κ3) is 5.63. The maximum absolute atomic E-state index is 14.3. The van der Waals surface area contributed by atoms with Crippen LogP contribution in [0.5, 0.6) is 5.88 Å². The van der Waals surface area contributed by atoms with Gasteiger partial charge in [-0.2, -0.15) is 18.2 Å². The van der Waals surface area contributed by atoms with Crippen LogP contribution in [0.25, 0.3) is 11.3 Å². The standard InChI is InChI=1S/C31H33F3N4O5S/c1-18-6-4-7-19(2)27(18)25-15-26-36-29(35-25)37-44(40,41)24-9-5-8-20(12-24)28(39)38(21-13-23(14-21)42-3)22(17-43-26)16-30(10-11-30)31(32,33)34/h4-9,12,15,21-23H,10-11,13-14,16-17H2,1-3H3,(H,35,36,37)/t21-,22-,23+/m1/s1. The first-order valence-corrected chi connectivity index (χ1v) is 15.9. The number of nitrogens with zero attached hydrogens (tertiary/aromatic N) is 3. The van der Waals surface area contributed by atoms with Crippen LogP contribution in [0.2, 0.25) is 0 Å². The molecule has 3 aliphatic rings. The number of halogens is 3. The highest BCUT2D eigenvalue weighted by Crippen LogP contribution is 2.61. The summed E-state index contributed by atoms with van der Waals surface area (Å²) in [4.78, 5) is 24.1. The first-order valence-electron chi connectivity index (χ1n) is 14.4. The van der Waals surface area contributed by atoms with Crippen LogP contribution in [0.4, 0.5) is 19.1 Å². The molecule has 0 radical (unpaired) electrons. The first kappa shape index (κ1) is 30.3. The number of sulfonamides is 1. The zero-order chi connectivity index (χ0) is 31.4. The van der Waals surface area contributed by atoms with Gasteiger partial charge in [-0.05, 0) is 75.3 Å². The Balaban J connectivity index is 1.50. The predicted octanol–water partition coefficient (Wildman–Crippen LogP) is 5.67. The summed E-state index contributed by atoms with van der Waals surface area (Å²) in [5.74, 6) is -0.860. The van der Waals surface area contributed by atoms with Crippen LogP contribution >= 0.6 is 0 Å². The molecule has 234 valence electrons. The minimum absolute atomic E-state index is 0.0288. The van der Waals surface area contributed by atoms with Gasteiger partial charge in [-0.3, -0.25) is 4.79 Å². The number of nitrogens with one attached hydrogen (secondary N) is 1. The van der Waals surface area contributed by atoms with Gasteiger partial charge in [0.2, 0.25) is 11.8 Å². The van der Waals surface area contributed by atoms with E-state index >= 15 is 0 Å². The number of alkyl halides is 3. The first-order chi connectivity index (χ1) is 20.8. The lowest BCUT2D eigenvalue weighted by atomic mass is 9.84. The van der Waals surface area contributed by atoms with Gasteiger partial charge in [-0.15, -0.1) is 0 Å². The molecule has 13 heteroatoms. The Morgan fingerprint density at radius 2 is 1.75 bits per heavy atom. The van der Waals surface area contributed by atoms with Gasteiger partial charge in [0.05, 0.1) is 28.2 Å². The number of aromatic nitrogens is 2. The number of hydrogen-bond donors (Lipinski definition) is 1. The third-order valence-corrected chi connectivity index (χ3v) is 10.3. The summed E-state index contributed by atoms with van der Waals surface area (Å²) >= 11 is 0. The molecule has 0 unspecified atom stereocenters. The van der Waals surface area contributed by atoms with Crippen molar-refractivity contribution >= 4 is 21.9 Å². The molecule has 44 heavy (non-hydrogen) atoms. The number of rotatable bonds is 5. The number of aryl methyl sites for hydroxylation is 2. The fraction of sp³-hybridized carbons (Fsp3) is 0.452. The average Bonchev–Trinajstić information content (AvgIpc) is 3.73. The van der Waals surface area contributed by atoms with Crippen LogP contribution in [-0.2, 0) is 14.8 Å². The second-order valence-corrected chi connectivity index (χ2v) is 13.6. The van der Waals surface area contributed by atoms with Gasteiger partial charge in [-0.25, -0.2) is 18.1 Å². The molecule has 1 amide bonds. The van der Waals surface area contributed by atoms with E-state index in [4.69, 9.17) is 9.47 Å². The van der Waals surface area contributed by atoms with Crippen molar-refractivity contribution in [3.8, 4) is 17.1 Å². The van der Waals surface area contributed by atoms with E-state index in [1.807, 2.05) is 32.0 Å². The molecule has 6 rings (SSSR count). The average molecular weight is 631 g/mol. The number of hydrogen-bond acceptors (Lipinski definition) is 7. The van der Waals surface area contributed by atoms with Gasteiger partial charge in [0.1, 0.15) is 6.61 Å². The normalized spacial score (nSPS) is 24.1. The summed E-state index contributed by atoms with van der Waals surface area (Å²) < 4.78 is 83.7. The van der Waals surface area contributed by atoms with E-state index in [0.29, 0.717) is 18.5 Å². The molecule has 1 atom stereocenters. The molecule has 2 heterocycles. The highest BCUT2D eigenvalue weighted by Gasteiger charge is 2.64. The van der Waals surface area contributed by atoms with Crippen molar-refractivity contribution in [3.05, 3.63) is 65.2 Å². The number of benzene rings is 2. The Morgan fingerprint density at radius 3 is 2.39 bits per heavy atom. The Labute approximate surface area is 253 Å². The largest absolute Gasteiger partial charge is 0.475 e. The van der Waals surface area contributed by atoms with Crippen LogP contribution in [0.15, 0.2) is 53.4 Å². The maximum Gasteiger partial charge on any atom is 0.394 e. The quantitative estimate of drug-likeness (QED) is 0.387. The minimum Gasteiger partial charge on any atom is -0.475 e. The fourth-order valence-corrected chi connectivity index (χ4v) is 7.22. The van der Waals surface area contributed by atoms with Crippen LogP contribution in [0.1, 0.15) is 53.6 Å². The Kier molecular flexibility index (Phi) is 7.60. The van der Waals surface area contributed by atoms with E-state index in [1.165, 1.54) is 35.2 Å². The van der Waals surface area contributed by atoms with Crippen LogP contribution in [0.3, 0.4) is 0 Å². The van der Waals surface area contributed by atoms with Crippen molar-refractivity contribution < 1.29 is 35.9 Å². The van der Waals surface area contributed by atoms with Gasteiger partial charge in [0.25, 0.3) is 15.9 Å². The lowest BCUT2D eigenvalue weighted by Gasteiger charge is -2.46. The molecule has 4 bridgehead atoms. The van der Waals surface area contributed by atoms with Crippen molar-refractivity contribution in [2.45, 2.75) is 75.2 Å². The van der Waals surface area contributed by atoms with Crippen LogP contribution in [0, 0.1) is 19.3 Å². The van der Waals surface area contributed by atoms with E-state index in [-0.39, 0.29) is 54.3 Å². The number of methoxy groups -OCH3 is 1. The lowest BCUT2D eigenvalue weighted by molar-refractivity contribution is -0.194. The number of ether oxygens (including phenoxy) is 2. The number of amides is 1. The molecular formula is C31H33F3N4O5S. The highest BCUT2D eigenvalue weighted by atomic mass is 32.2. The molecule has 2 aromatic carbocycles. The molecular weight excluding hydrogens is 597 g/mol. The van der Waals surface area contributed by atoms with Crippen molar-refractivity contribution in [1.29, 1.82) is 0 Å². The van der Waals surface area contributed by atoms with E-state index < -0.39 is 39.6 Å². The number of anilines is 1. The SMILES string of the molecule is CO[C@H]1C[C@@H](N2C(=O)c3cccc(c3)S(=O)(=O)Nc3nc(cc(-c4c(C)cccc4C)n3)OC[C@H]2CC2(C(F)(F)F)CC2)C1. The highest BCUT2D eigenvalue weighted by molar-refractivity contribution is 7.92. The molecule has 1 aliphatic heterocycles. The van der Waals surface area contributed by atoms with Crippen molar-refractivity contribution in [3.63, 3.8) is 0 Å². The van der Waals surface area contributed by atoms with Gasteiger partial charge in [0, 0.05) is 30.3 Å². The summed E-state index contributed by atoms with van der Waals surface area (Å²) in [5.41, 5.74) is 0.995. The number of carbonyl (C=O) groups excluding carboxylic acids is 1. The molecule has 0 spiro atoms. The van der Waals surface area contributed by atoms with Crippen LogP contribution in [-0.4, -0.2) is 67.3 Å². The number of carbonyl (C=O) groups is 1. The van der Waals surface area contributed by atoms with Crippen molar-refractivity contribution in [1.82, 2.24) is 14.9 Å². The zero-order valence-electron chi connectivity index (χ0n) is 24.5. The summed E-state index contributed by atoms with van der Waals surface area (Å²) in [6.07, 6.45) is -4.14. The Hall–Kier alpha value is -3.71. The second kappa shape index (κ2) is 11.0. The smallest absolute Gasteiger partial charge is 0.394 e. The van der Waals surface area contributed by atoms with Gasteiger partial charge >= 0.3 is 6.18 Å². The van der Waals surface area contributed by atoms with E-state index in [1.54, 1.807) is 7.11 Å². The van der Waals surface area contributed by atoms with E-state index in [0.717, 1.165) is 16.7 Å². The molecule has 2 aliphatic carbocycles. The molecule has 9 nitrogen and oxygen atoms in total. The lowest BCUT2D eigenvalue weighted by Crippen LogP contribution is -2.57. The molecule has 2 saturated carbocycles. The fourth-order valence-electron chi connectivity index (χ4n) is 6.23. The summed E-state index contributed by atoms with van der Waals surface area (Å²) in [6.45, 7) is 3.49. The van der Waals surface area contributed by atoms with Crippen molar-refractivity contribution in [2.75, 3.05) is 18.4 Å². The molecule has 1 aromatic heterocycles. The second-order valence-electron chi connectivity index (χ2n) is 12.0. The van der Waals surface area contributed by atoms with Gasteiger partial charge in [-0.1, -0.05) is 24.3 Å². The molecule has 3 aromatic rings. The van der Waals surface area contributed by atoms with Crippen LogP contribution < -0.4 is 9.46 Å². The predicted molar refractivity (Wildman–Crippen MR) is 156 cm³/mol. The minimum atomic E-state index is -4.45. The molecule has 2 fully saturated rings. The van der Waals surface area contributed by atoms with E-state index in [9.17, 15) is 26.4 Å². The molecule has 0 saturated heterocycles. The zero-order valence-corrected chi connectivity index (χ0v) is 25.3. The number of fused-ring (bicyclic) bond motifs is 4. The summed E-state index contributed by atoms with van der Waals surface area (Å²) in [6, 6.07) is 11.3. The van der Waals surface area contributed by atoms with E-state index in [2.05, 4.69) is 14.7 Å².